The van der Waals surface area contributed by atoms with Gasteiger partial charge in [-0.05, 0) is 31.3 Å². The highest BCUT2D eigenvalue weighted by molar-refractivity contribution is 6.03. The fraction of sp³-hybridized carbons (Fsp3) is 0.417. The Morgan fingerprint density at radius 3 is 2.53 bits per heavy atom. The second-order valence-corrected chi connectivity index (χ2v) is 8.17. The first-order valence-corrected chi connectivity index (χ1v) is 10.8. The molecule has 2 aliphatic rings. The molecule has 7 nitrogen and oxygen atoms in total. The van der Waals surface area contributed by atoms with Crippen LogP contribution in [0.2, 0.25) is 0 Å². The number of ether oxygens (including phenoxy) is 2. The smallest absolute Gasteiger partial charge is 0.257 e. The Bertz CT molecular complexity index is 1000. The monoisotopic (exact) mass is 440 g/mol. The van der Waals surface area contributed by atoms with Gasteiger partial charge in [0.1, 0.15) is 17.3 Å². The fourth-order valence-corrected chi connectivity index (χ4v) is 4.21. The standard InChI is InChI=1S/C24H29FN4O3/c1-27-10-12-28(13-11-27)16-24(30)29-22(19-14-17(31-2)8-9-23(19)32-3)15-21(26-29)18-6-4-5-7-20(18)25/h4-9,14,22H,10-13,15-16H2,1-3H3. The van der Waals surface area contributed by atoms with Crippen molar-refractivity contribution in [1.82, 2.24) is 14.8 Å². The average Bonchev–Trinajstić information content (AvgIpc) is 3.25. The molecule has 1 saturated heterocycles. The lowest BCUT2D eigenvalue weighted by molar-refractivity contribution is -0.134. The van der Waals surface area contributed by atoms with Gasteiger partial charge in [0.2, 0.25) is 0 Å². The van der Waals surface area contributed by atoms with E-state index in [9.17, 15) is 9.18 Å². The summed E-state index contributed by atoms with van der Waals surface area (Å²) in [6.07, 6.45) is 0.388. The number of hydrogen-bond donors (Lipinski definition) is 0. The van der Waals surface area contributed by atoms with Crippen molar-refractivity contribution in [3.63, 3.8) is 0 Å². The number of piperazine rings is 1. The van der Waals surface area contributed by atoms with Crippen LogP contribution in [0.3, 0.4) is 0 Å². The SMILES string of the molecule is COc1ccc(OC)c(C2CC(c3ccccc3F)=NN2C(=O)CN2CCN(C)CC2)c1. The van der Waals surface area contributed by atoms with Crippen LogP contribution >= 0.6 is 0 Å². The minimum absolute atomic E-state index is 0.115. The quantitative estimate of drug-likeness (QED) is 0.692. The summed E-state index contributed by atoms with van der Waals surface area (Å²) >= 11 is 0. The molecule has 0 N–H and O–H groups in total. The largest absolute Gasteiger partial charge is 0.497 e. The number of carbonyl (C=O) groups excluding carboxylic acids is 1. The normalized spacial score (nSPS) is 19.7. The average molecular weight is 441 g/mol. The van der Waals surface area contributed by atoms with Gasteiger partial charge in [-0.3, -0.25) is 9.69 Å². The number of carbonyl (C=O) groups is 1. The van der Waals surface area contributed by atoms with E-state index in [1.807, 2.05) is 18.2 Å². The van der Waals surface area contributed by atoms with E-state index in [-0.39, 0.29) is 18.3 Å². The van der Waals surface area contributed by atoms with Crippen LogP contribution in [-0.4, -0.2) is 80.4 Å². The minimum atomic E-state index is -0.408. The molecule has 1 fully saturated rings. The van der Waals surface area contributed by atoms with Crippen molar-refractivity contribution in [2.45, 2.75) is 12.5 Å². The number of methoxy groups -OCH3 is 2. The molecular formula is C24H29FN4O3. The molecule has 170 valence electrons. The van der Waals surface area contributed by atoms with Crippen LogP contribution < -0.4 is 9.47 Å². The summed E-state index contributed by atoms with van der Waals surface area (Å²) in [5.74, 6) is 0.830. The highest BCUT2D eigenvalue weighted by atomic mass is 19.1. The molecule has 1 atom stereocenters. The van der Waals surface area contributed by atoms with E-state index in [4.69, 9.17) is 9.47 Å². The molecule has 4 rings (SSSR count). The lowest BCUT2D eigenvalue weighted by Gasteiger charge is -2.33. The molecule has 1 unspecified atom stereocenters. The first-order chi connectivity index (χ1) is 15.5. The molecule has 0 radical (unpaired) electrons. The number of benzene rings is 2. The zero-order chi connectivity index (χ0) is 22.7. The first kappa shape index (κ1) is 22.2. The van der Waals surface area contributed by atoms with Gasteiger partial charge in [0.05, 0.1) is 32.5 Å². The maximum Gasteiger partial charge on any atom is 0.257 e. The van der Waals surface area contributed by atoms with Crippen LogP contribution in [0, 0.1) is 5.82 Å². The van der Waals surface area contributed by atoms with Crippen molar-refractivity contribution in [3.8, 4) is 11.5 Å². The van der Waals surface area contributed by atoms with E-state index in [2.05, 4.69) is 21.9 Å². The minimum Gasteiger partial charge on any atom is -0.497 e. The zero-order valence-electron chi connectivity index (χ0n) is 18.8. The Kier molecular flexibility index (Phi) is 6.72. The van der Waals surface area contributed by atoms with Gasteiger partial charge in [-0.1, -0.05) is 18.2 Å². The first-order valence-electron chi connectivity index (χ1n) is 10.8. The summed E-state index contributed by atoms with van der Waals surface area (Å²) in [5, 5.41) is 6.11. The van der Waals surface area contributed by atoms with Crippen LogP contribution in [-0.2, 0) is 4.79 Å². The van der Waals surface area contributed by atoms with Crippen molar-refractivity contribution >= 4 is 11.6 Å². The van der Waals surface area contributed by atoms with E-state index in [0.717, 1.165) is 31.7 Å². The summed E-state index contributed by atoms with van der Waals surface area (Å²) in [4.78, 5) is 17.8. The van der Waals surface area contributed by atoms with Gasteiger partial charge in [0.25, 0.3) is 5.91 Å². The third kappa shape index (κ3) is 4.61. The molecule has 0 bridgehead atoms. The molecule has 2 heterocycles. The maximum absolute atomic E-state index is 14.5. The van der Waals surface area contributed by atoms with Crippen molar-refractivity contribution in [2.75, 3.05) is 54.0 Å². The van der Waals surface area contributed by atoms with E-state index in [0.29, 0.717) is 29.2 Å². The van der Waals surface area contributed by atoms with Gasteiger partial charge in [-0.2, -0.15) is 5.10 Å². The molecule has 0 saturated carbocycles. The molecule has 1 amide bonds. The Balaban J connectivity index is 1.67. The van der Waals surface area contributed by atoms with Gasteiger partial charge in [-0.25, -0.2) is 9.40 Å². The summed E-state index contributed by atoms with van der Waals surface area (Å²) in [6, 6.07) is 11.6. The topological polar surface area (TPSA) is 57.6 Å². The Morgan fingerprint density at radius 2 is 1.84 bits per heavy atom. The number of rotatable bonds is 6. The second kappa shape index (κ2) is 9.67. The van der Waals surface area contributed by atoms with E-state index < -0.39 is 6.04 Å². The van der Waals surface area contributed by atoms with E-state index in [1.165, 1.54) is 11.1 Å². The fourth-order valence-electron chi connectivity index (χ4n) is 4.21. The van der Waals surface area contributed by atoms with Crippen LogP contribution in [0.4, 0.5) is 4.39 Å². The highest BCUT2D eigenvalue weighted by Gasteiger charge is 2.36. The summed E-state index contributed by atoms with van der Waals surface area (Å²) in [6.45, 7) is 3.76. The number of hydrogen-bond acceptors (Lipinski definition) is 6. The highest BCUT2D eigenvalue weighted by Crippen LogP contribution is 2.39. The molecule has 0 aliphatic carbocycles. The summed E-state index contributed by atoms with van der Waals surface area (Å²) < 4.78 is 25.5. The van der Waals surface area contributed by atoms with Crippen LogP contribution in [0.15, 0.2) is 47.6 Å². The lowest BCUT2D eigenvalue weighted by atomic mass is 9.97. The zero-order valence-corrected chi connectivity index (χ0v) is 18.8. The molecule has 8 heteroatoms. The number of amides is 1. The Morgan fingerprint density at radius 1 is 1.09 bits per heavy atom. The molecule has 2 aromatic rings. The number of nitrogens with zero attached hydrogens (tertiary/aromatic N) is 4. The van der Waals surface area contributed by atoms with E-state index >= 15 is 0 Å². The predicted molar refractivity (Wildman–Crippen MR) is 121 cm³/mol. The Labute approximate surface area is 188 Å². The summed E-state index contributed by atoms with van der Waals surface area (Å²) in [5.41, 5.74) is 1.74. The number of likely N-dealkylation sites (N-methyl/N-ethyl adjacent to an activating group) is 1. The van der Waals surface area contributed by atoms with Crippen molar-refractivity contribution in [1.29, 1.82) is 0 Å². The molecule has 0 spiro atoms. The number of halogens is 1. The van der Waals surface area contributed by atoms with Crippen LogP contribution in [0.5, 0.6) is 11.5 Å². The molecule has 32 heavy (non-hydrogen) atoms. The van der Waals surface area contributed by atoms with Crippen LogP contribution in [0.25, 0.3) is 0 Å². The van der Waals surface area contributed by atoms with Gasteiger partial charge in [0, 0.05) is 43.7 Å². The molecule has 0 aromatic heterocycles. The third-order valence-electron chi connectivity index (χ3n) is 6.10. The number of hydrazone groups is 1. The van der Waals surface area contributed by atoms with E-state index in [1.54, 1.807) is 32.4 Å². The lowest BCUT2D eigenvalue weighted by Crippen LogP contribution is -2.48. The molecule has 2 aliphatic heterocycles. The summed E-state index contributed by atoms with van der Waals surface area (Å²) in [7, 11) is 5.27. The van der Waals surface area contributed by atoms with Gasteiger partial charge >= 0.3 is 0 Å². The second-order valence-electron chi connectivity index (χ2n) is 8.17. The van der Waals surface area contributed by atoms with Gasteiger partial charge in [-0.15, -0.1) is 0 Å². The van der Waals surface area contributed by atoms with Crippen molar-refractivity contribution in [2.24, 2.45) is 5.10 Å². The van der Waals surface area contributed by atoms with Crippen LogP contribution in [0.1, 0.15) is 23.6 Å². The van der Waals surface area contributed by atoms with Gasteiger partial charge < -0.3 is 14.4 Å². The Hall–Kier alpha value is -2.97. The molecule has 2 aromatic carbocycles. The maximum atomic E-state index is 14.5. The van der Waals surface area contributed by atoms with Gasteiger partial charge in [0.15, 0.2) is 0 Å². The van der Waals surface area contributed by atoms with Crippen molar-refractivity contribution < 1.29 is 18.7 Å². The molecular weight excluding hydrogens is 411 g/mol. The third-order valence-corrected chi connectivity index (χ3v) is 6.10. The van der Waals surface area contributed by atoms with Crippen molar-refractivity contribution in [3.05, 3.63) is 59.4 Å². The predicted octanol–water partition coefficient (Wildman–Crippen LogP) is 2.77.